The first kappa shape index (κ1) is 15.3. The standard InChI is InChI=1S/C14H22N2O3/c1-10(14(17)16(3)4)19-13-11(9-15-2)7-6-8-12(13)18-5/h6-8,10,15H,9H2,1-5H3. The number of carbonyl (C=O) groups excluding carboxylic acids is 1. The third-order valence-electron chi connectivity index (χ3n) is 2.73. The zero-order chi connectivity index (χ0) is 14.4. The molecule has 1 atom stereocenters. The number of methoxy groups -OCH3 is 1. The fourth-order valence-electron chi connectivity index (χ4n) is 1.78. The molecule has 1 N–H and O–H groups in total. The Hall–Kier alpha value is -1.75. The number of nitrogens with zero attached hydrogens (tertiary/aromatic N) is 1. The maximum Gasteiger partial charge on any atom is 0.262 e. The number of likely N-dealkylation sites (N-methyl/N-ethyl adjacent to an activating group) is 1. The minimum Gasteiger partial charge on any atom is -0.493 e. The minimum absolute atomic E-state index is 0.0821. The van der Waals surface area contributed by atoms with Crippen molar-refractivity contribution in [3.63, 3.8) is 0 Å². The van der Waals surface area contributed by atoms with E-state index >= 15 is 0 Å². The van der Waals surface area contributed by atoms with Gasteiger partial charge < -0.3 is 19.7 Å². The summed E-state index contributed by atoms with van der Waals surface area (Å²) in [5.41, 5.74) is 0.959. The summed E-state index contributed by atoms with van der Waals surface area (Å²) in [6.07, 6.45) is -0.554. The van der Waals surface area contributed by atoms with Gasteiger partial charge in [-0.05, 0) is 20.0 Å². The third kappa shape index (κ3) is 3.86. The van der Waals surface area contributed by atoms with Crippen LogP contribution < -0.4 is 14.8 Å². The SMILES string of the molecule is CNCc1cccc(OC)c1OC(C)C(=O)N(C)C. The molecule has 0 fully saturated rings. The summed E-state index contributed by atoms with van der Waals surface area (Å²) in [6.45, 7) is 2.38. The molecule has 106 valence electrons. The van der Waals surface area contributed by atoms with Gasteiger partial charge in [-0.25, -0.2) is 0 Å². The predicted octanol–water partition coefficient (Wildman–Crippen LogP) is 1.27. The average molecular weight is 266 g/mol. The van der Waals surface area contributed by atoms with Crippen LogP contribution in [0.4, 0.5) is 0 Å². The number of hydrogen-bond donors (Lipinski definition) is 1. The van der Waals surface area contributed by atoms with Crippen LogP contribution in [0.1, 0.15) is 12.5 Å². The van der Waals surface area contributed by atoms with E-state index in [1.807, 2.05) is 25.2 Å². The van der Waals surface area contributed by atoms with Gasteiger partial charge in [-0.2, -0.15) is 0 Å². The molecule has 0 aromatic heterocycles. The van der Waals surface area contributed by atoms with Gasteiger partial charge in [0.2, 0.25) is 0 Å². The van der Waals surface area contributed by atoms with Crippen molar-refractivity contribution in [3.05, 3.63) is 23.8 Å². The molecule has 0 aliphatic heterocycles. The van der Waals surface area contributed by atoms with E-state index in [0.717, 1.165) is 5.56 Å². The maximum absolute atomic E-state index is 11.9. The molecule has 1 aromatic carbocycles. The van der Waals surface area contributed by atoms with Gasteiger partial charge in [-0.1, -0.05) is 12.1 Å². The lowest BCUT2D eigenvalue weighted by Gasteiger charge is -2.21. The second kappa shape index (κ2) is 6.99. The summed E-state index contributed by atoms with van der Waals surface area (Å²) in [5.74, 6) is 1.16. The summed E-state index contributed by atoms with van der Waals surface area (Å²) in [6, 6.07) is 5.67. The first-order valence-corrected chi connectivity index (χ1v) is 6.19. The van der Waals surface area contributed by atoms with Crippen LogP contribution in [0.2, 0.25) is 0 Å². The molecule has 0 bridgehead atoms. The molecule has 5 heteroatoms. The Labute approximate surface area is 114 Å². The van der Waals surface area contributed by atoms with Gasteiger partial charge in [-0.15, -0.1) is 0 Å². The Bertz CT molecular complexity index is 433. The second-order valence-electron chi connectivity index (χ2n) is 4.47. The average Bonchev–Trinajstić information content (AvgIpc) is 2.39. The zero-order valence-corrected chi connectivity index (χ0v) is 12.2. The van der Waals surface area contributed by atoms with E-state index in [0.29, 0.717) is 18.0 Å². The Morgan fingerprint density at radius 3 is 2.63 bits per heavy atom. The highest BCUT2D eigenvalue weighted by Crippen LogP contribution is 2.32. The van der Waals surface area contributed by atoms with Crippen LogP contribution in [0.15, 0.2) is 18.2 Å². The maximum atomic E-state index is 11.9. The van der Waals surface area contributed by atoms with Crippen LogP contribution in [0.5, 0.6) is 11.5 Å². The number of amides is 1. The molecule has 5 nitrogen and oxygen atoms in total. The van der Waals surface area contributed by atoms with Crippen molar-refractivity contribution < 1.29 is 14.3 Å². The Balaban J connectivity index is 3.00. The molecule has 1 amide bonds. The first-order valence-electron chi connectivity index (χ1n) is 6.19. The van der Waals surface area contributed by atoms with E-state index in [2.05, 4.69) is 5.32 Å². The van der Waals surface area contributed by atoms with Gasteiger partial charge >= 0.3 is 0 Å². The topological polar surface area (TPSA) is 50.8 Å². The zero-order valence-electron chi connectivity index (χ0n) is 12.2. The number of nitrogens with one attached hydrogen (secondary N) is 1. The van der Waals surface area contributed by atoms with E-state index in [-0.39, 0.29) is 5.91 Å². The summed E-state index contributed by atoms with van der Waals surface area (Å²) in [4.78, 5) is 13.4. The highest BCUT2D eigenvalue weighted by molar-refractivity contribution is 5.80. The summed E-state index contributed by atoms with van der Waals surface area (Å²) < 4.78 is 11.1. The van der Waals surface area contributed by atoms with E-state index in [9.17, 15) is 4.79 Å². The molecular weight excluding hydrogens is 244 g/mol. The lowest BCUT2D eigenvalue weighted by Crippen LogP contribution is -2.35. The quantitative estimate of drug-likeness (QED) is 0.842. The third-order valence-corrected chi connectivity index (χ3v) is 2.73. The van der Waals surface area contributed by atoms with Gasteiger partial charge in [-0.3, -0.25) is 4.79 Å². The van der Waals surface area contributed by atoms with Gasteiger partial charge in [0.05, 0.1) is 7.11 Å². The molecule has 1 rings (SSSR count). The first-order chi connectivity index (χ1) is 9.01. The monoisotopic (exact) mass is 266 g/mol. The molecular formula is C14H22N2O3. The Morgan fingerprint density at radius 2 is 2.11 bits per heavy atom. The molecule has 0 radical (unpaired) electrons. The van der Waals surface area contributed by atoms with Crippen molar-refractivity contribution in [1.29, 1.82) is 0 Å². The molecule has 0 saturated carbocycles. The van der Waals surface area contributed by atoms with Crippen LogP contribution in [0, 0.1) is 0 Å². The molecule has 1 unspecified atom stereocenters. The fourth-order valence-corrected chi connectivity index (χ4v) is 1.78. The van der Waals surface area contributed by atoms with E-state index in [1.54, 1.807) is 28.1 Å². The number of carbonyl (C=O) groups is 1. The molecule has 0 aliphatic rings. The van der Waals surface area contributed by atoms with Crippen molar-refractivity contribution in [2.75, 3.05) is 28.3 Å². The van der Waals surface area contributed by atoms with Crippen molar-refractivity contribution >= 4 is 5.91 Å². The van der Waals surface area contributed by atoms with Crippen LogP contribution >= 0.6 is 0 Å². The van der Waals surface area contributed by atoms with Gasteiger partial charge in [0.1, 0.15) is 0 Å². The van der Waals surface area contributed by atoms with Crippen LogP contribution in [-0.4, -0.2) is 45.2 Å². The highest BCUT2D eigenvalue weighted by atomic mass is 16.5. The lowest BCUT2D eigenvalue weighted by molar-refractivity contribution is -0.135. The predicted molar refractivity (Wildman–Crippen MR) is 74.5 cm³/mol. The molecule has 0 saturated heterocycles. The van der Waals surface area contributed by atoms with Crippen LogP contribution in [-0.2, 0) is 11.3 Å². The summed E-state index contributed by atoms with van der Waals surface area (Å²) in [7, 11) is 6.86. The van der Waals surface area contributed by atoms with E-state index in [4.69, 9.17) is 9.47 Å². The fraction of sp³-hybridized carbons (Fsp3) is 0.500. The largest absolute Gasteiger partial charge is 0.493 e. The van der Waals surface area contributed by atoms with Crippen molar-refractivity contribution in [2.24, 2.45) is 0 Å². The number of rotatable bonds is 6. The minimum atomic E-state index is -0.554. The molecule has 0 spiro atoms. The normalized spacial score (nSPS) is 11.8. The Kier molecular flexibility index (Phi) is 5.63. The smallest absolute Gasteiger partial charge is 0.262 e. The van der Waals surface area contributed by atoms with Crippen molar-refractivity contribution in [1.82, 2.24) is 10.2 Å². The molecule has 1 aromatic rings. The lowest BCUT2D eigenvalue weighted by atomic mass is 10.1. The van der Waals surface area contributed by atoms with Crippen LogP contribution in [0.25, 0.3) is 0 Å². The van der Waals surface area contributed by atoms with Gasteiger partial charge in [0, 0.05) is 26.2 Å². The molecule has 0 heterocycles. The number of para-hydroxylation sites is 1. The van der Waals surface area contributed by atoms with E-state index in [1.165, 1.54) is 4.90 Å². The molecule has 19 heavy (non-hydrogen) atoms. The Morgan fingerprint density at radius 1 is 1.42 bits per heavy atom. The van der Waals surface area contributed by atoms with E-state index < -0.39 is 6.10 Å². The van der Waals surface area contributed by atoms with Crippen molar-refractivity contribution in [3.8, 4) is 11.5 Å². The number of benzene rings is 1. The van der Waals surface area contributed by atoms with Gasteiger partial charge in [0.25, 0.3) is 5.91 Å². The highest BCUT2D eigenvalue weighted by Gasteiger charge is 2.20. The van der Waals surface area contributed by atoms with Gasteiger partial charge in [0.15, 0.2) is 17.6 Å². The number of hydrogen-bond acceptors (Lipinski definition) is 4. The van der Waals surface area contributed by atoms with Crippen molar-refractivity contribution in [2.45, 2.75) is 19.6 Å². The van der Waals surface area contributed by atoms with Crippen LogP contribution in [0.3, 0.4) is 0 Å². The second-order valence-corrected chi connectivity index (χ2v) is 4.47. The summed E-state index contributed by atoms with van der Waals surface area (Å²) >= 11 is 0. The molecule has 0 aliphatic carbocycles. The summed E-state index contributed by atoms with van der Waals surface area (Å²) in [5, 5.41) is 3.07. The number of ether oxygens (including phenoxy) is 2.